The average molecular weight is 357 g/mol. The molecule has 3 atom stereocenters. The highest BCUT2D eigenvalue weighted by Gasteiger charge is 2.36. The molecule has 0 N–H and O–H groups in total. The summed E-state index contributed by atoms with van der Waals surface area (Å²) in [5, 5.41) is 0.278. The molecule has 1 aliphatic rings. The summed E-state index contributed by atoms with van der Waals surface area (Å²) in [4.78, 5) is 11.3. The van der Waals surface area contributed by atoms with Crippen molar-refractivity contribution in [1.29, 1.82) is 0 Å². The first-order valence-electron chi connectivity index (χ1n) is 9.16. The van der Waals surface area contributed by atoms with Crippen LogP contribution in [0.3, 0.4) is 0 Å². The molecule has 0 unspecified atom stereocenters. The number of hydrogen-bond acceptors (Lipinski definition) is 4. The van der Waals surface area contributed by atoms with Gasteiger partial charge in [0.2, 0.25) is 0 Å². The van der Waals surface area contributed by atoms with E-state index in [0.717, 1.165) is 25.9 Å². The maximum Gasteiger partial charge on any atom is 0.191 e. The Morgan fingerprint density at radius 3 is 2.54 bits per heavy atom. The van der Waals surface area contributed by atoms with Crippen molar-refractivity contribution in [2.75, 3.05) is 13.2 Å². The number of unbranched alkanes of at least 4 members (excludes halogenated alkanes) is 1. The van der Waals surface area contributed by atoms with Gasteiger partial charge in [0.1, 0.15) is 6.10 Å². The molecule has 24 heavy (non-hydrogen) atoms. The van der Waals surface area contributed by atoms with E-state index in [1.807, 2.05) is 0 Å². The molecular formula is C19H36O4Si. The van der Waals surface area contributed by atoms with Gasteiger partial charge in [-0.2, -0.15) is 0 Å². The van der Waals surface area contributed by atoms with Gasteiger partial charge >= 0.3 is 0 Å². The van der Waals surface area contributed by atoms with Gasteiger partial charge in [-0.1, -0.05) is 34.1 Å². The maximum atomic E-state index is 11.3. The topological polar surface area (TPSA) is 44.8 Å². The summed E-state index contributed by atoms with van der Waals surface area (Å²) < 4.78 is 17.4. The third-order valence-corrected chi connectivity index (χ3v) is 9.60. The molecule has 0 aromatic heterocycles. The Balaban J connectivity index is 2.13. The fourth-order valence-electron chi connectivity index (χ4n) is 2.20. The maximum absolute atomic E-state index is 11.3. The van der Waals surface area contributed by atoms with Crippen LogP contribution in [0.4, 0.5) is 0 Å². The van der Waals surface area contributed by atoms with Gasteiger partial charge < -0.3 is 13.9 Å². The molecule has 0 saturated heterocycles. The van der Waals surface area contributed by atoms with Crippen LogP contribution in [0.15, 0.2) is 12.2 Å². The summed E-state index contributed by atoms with van der Waals surface area (Å²) in [6.07, 6.45) is 5.83. The van der Waals surface area contributed by atoms with Crippen molar-refractivity contribution in [2.45, 2.75) is 84.4 Å². The Hall–Kier alpha value is -0.493. The fraction of sp³-hybridized carbons (Fsp3) is 0.842. The number of hydrogen-bond donors (Lipinski definition) is 0. The van der Waals surface area contributed by atoms with E-state index in [2.05, 4.69) is 40.8 Å². The molecule has 140 valence electrons. The highest BCUT2D eigenvalue weighted by atomic mass is 28.4. The molecule has 0 aromatic rings. The third-order valence-electron chi connectivity index (χ3n) is 5.06. The number of carbonyl (C=O) groups is 1. The van der Waals surface area contributed by atoms with E-state index < -0.39 is 14.4 Å². The molecule has 1 rings (SSSR count). The molecule has 0 spiro atoms. The van der Waals surface area contributed by atoms with Gasteiger partial charge in [0.25, 0.3) is 0 Å². The van der Waals surface area contributed by atoms with E-state index in [-0.39, 0.29) is 17.1 Å². The van der Waals surface area contributed by atoms with E-state index in [9.17, 15) is 4.79 Å². The molecule has 1 aliphatic heterocycles. The summed E-state index contributed by atoms with van der Waals surface area (Å²) >= 11 is 0. The molecule has 0 aromatic carbocycles. The quantitative estimate of drug-likeness (QED) is 0.444. The van der Waals surface area contributed by atoms with Crippen molar-refractivity contribution in [2.24, 2.45) is 5.92 Å². The first-order chi connectivity index (χ1) is 11.0. The molecule has 0 saturated carbocycles. The second-order valence-electron chi connectivity index (χ2n) is 8.45. The summed E-state index contributed by atoms with van der Waals surface area (Å²) in [5.41, 5.74) is 0. The first kappa shape index (κ1) is 21.5. The van der Waals surface area contributed by atoms with E-state index in [0.29, 0.717) is 12.5 Å². The summed E-state index contributed by atoms with van der Waals surface area (Å²) in [6.45, 7) is 16.9. The fourth-order valence-corrected chi connectivity index (χ4v) is 3.29. The van der Waals surface area contributed by atoms with Crippen LogP contribution >= 0.6 is 0 Å². The molecular weight excluding hydrogens is 320 g/mol. The van der Waals surface area contributed by atoms with Crippen LogP contribution in [0.25, 0.3) is 0 Å². The second-order valence-corrected chi connectivity index (χ2v) is 13.3. The Bertz CT molecular complexity index is 426. The lowest BCUT2D eigenvalue weighted by Gasteiger charge is -2.36. The molecule has 4 nitrogen and oxygen atoms in total. The number of ketones is 1. The molecule has 5 heteroatoms. The summed E-state index contributed by atoms with van der Waals surface area (Å²) in [6, 6.07) is 0. The molecule has 0 bridgehead atoms. The zero-order valence-electron chi connectivity index (χ0n) is 16.6. The number of ether oxygens (including phenoxy) is 2. The molecule has 0 fully saturated rings. The van der Waals surface area contributed by atoms with Crippen LogP contribution in [0.2, 0.25) is 18.1 Å². The largest absolute Gasteiger partial charge is 0.417 e. The minimum absolute atomic E-state index is 0.00429. The van der Waals surface area contributed by atoms with Crippen LogP contribution in [-0.4, -0.2) is 39.7 Å². The normalized spacial score (nSPS) is 23.5. The highest BCUT2D eigenvalue weighted by Crippen LogP contribution is 2.36. The van der Waals surface area contributed by atoms with E-state index in [1.165, 1.54) is 0 Å². The molecule has 0 aliphatic carbocycles. The first-order valence-corrected chi connectivity index (χ1v) is 12.1. The number of carbonyl (C=O) groups excluding carboxylic acids is 1. The number of rotatable bonds is 9. The third kappa shape index (κ3) is 7.17. The summed E-state index contributed by atoms with van der Waals surface area (Å²) in [7, 11) is -1.61. The SMILES string of the molecule is C[C@H](CCCCO[Si](C)(C)C(C)(C)C)CO[C@H]1C=CC(=O)[C@H](C)O1. The minimum atomic E-state index is -1.61. The van der Waals surface area contributed by atoms with Crippen molar-refractivity contribution in [1.82, 2.24) is 0 Å². The predicted molar refractivity (Wildman–Crippen MR) is 101 cm³/mol. The van der Waals surface area contributed by atoms with Crippen molar-refractivity contribution in [3.05, 3.63) is 12.2 Å². The average Bonchev–Trinajstić information content (AvgIpc) is 2.47. The van der Waals surface area contributed by atoms with Gasteiger partial charge in [-0.25, -0.2) is 0 Å². The van der Waals surface area contributed by atoms with Crippen LogP contribution in [-0.2, 0) is 18.7 Å². The van der Waals surface area contributed by atoms with Crippen LogP contribution < -0.4 is 0 Å². The van der Waals surface area contributed by atoms with E-state index >= 15 is 0 Å². The monoisotopic (exact) mass is 356 g/mol. The Kier molecular flexibility index (Phi) is 8.33. The Morgan fingerprint density at radius 1 is 1.29 bits per heavy atom. The van der Waals surface area contributed by atoms with Crippen molar-refractivity contribution in [3.63, 3.8) is 0 Å². The van der Waals surface area contributed by atoms with Crippen LogP contribution in [0.5, 0.6) is 0 Å². The molecule has 0 radical (unpaired) electrons. The van der Waals surface area contributed by atoms with E-state index in [4.69, 9.17) is 13.9 Å². The van der Waals surface area contributed by atoms with E-state index in [1.54, 1.807) is 19.1 Å². The van der Waals surface area contributed by atoms with Gasteiger partial charge in [0, 0.05) is 6.61 Å². The minimum Gasteiger partial charge on any atom is -0.417 e. The zero-order chi connectivity index (χ0) is 18.4. The predicted octanol–water partition coefficient (Wildman–Crippen LogP) is 4.70. The smallest absolute Gasteiger partial charge is 0.191 e. The summed E-state index contributed by atoms with van der Waals surface area (Å²) in [5.74, 6) is 0.479. The molecule has 1 heterocycles. The van der Waals surface area contributed by atoms with Crippen LogP contribution in [0.1, 0.15) is 53.9 Å². The zero-order valence-corrected chi connectivity index (χ0v) is 17.6. The Morgan fingerprint density at radius 2 is 1.96 bits per heavy atom. The standard InChI is InChI=1S/C19H36O4Si/c1-15(14-21-18-12-11-17(20)16(2)23-18)10-8-9-13-22-24(6,7)19(3,4)5/h11-12,15-16,18H,8-10,13-14H2,1-7H3/t15-,16+,18-/m1/s1. The Labute approximate surface area is 149 Å². The van der Waals surface area contributed by atoms with Crippen molar-refractivity contribution in [3.8, 4) is 0 Å². The van der Waals surface area contributed by atoms with Gasteiger partial charge in [-0.05, 0) is 56.0 Å². The van der Waals surface area contributed by atoms with Gasteiger partial charge in [0.15, 0.2) is 20.4 Å². The lowest BCUT2D eigenvalue weighted by molar-refractivity contribution is -0.162. The lowest BCUT2D eigenvalue weighted by Crippen LogP contribution is -2.40. The van der Waals surface area contributed by atoms with Gasteiger partial charge in [-0.3, -0.25) is 4.79 Å². The van der Waals surface area contributed by atoms with Gasteiger partial charge in [-0.15, -0.1) is 0 Å². The van der Waals surface area contributed by atoms with Gasteiger partial charge in [0.05, 0.1) is 6.61 Å². The van der Waals surface area contributed by atoms with Crippen molar-refractivity contribution < 1.29 is 18.7 Å². The second kappa shape index (κ2) is 9.27. The highest BCUT2D eigenvalue weighted by molar-refractivity contribution is 6.74. The lowest BCUT2D eigenvalue weighted by atomic mass is 10.1. The van der Waals surface area contributed by atoms with Crippen LogP contribution in [0, 0.1) is 5.92 Å². The van der Waals surface area contributed by atoms with Crippen molar-refractivity contribution >= 4 is 14.1 Å². The molecule has 0 amide bonds.